The molecule has 3 N–H and O–H groups in total. The summed E-state index contributed by atoms with van der Waals surface area (Å²) in [7, 11) is 1.53. The summed E-state index contributed by atoms with van der Waals surface area (Å²) < 4.78 is 6.51. The van der Waals surface area contributed by atoms with Gasteiger partial charge in [-0.2, -0.15) is 0 Å². The number of nitrogens with two attached hydrogens (primary N) is 1. The molecule has 2 aromatic rings. The van der Waals surface area contributed by atoms with Gasteiger partial charge in [-0.1, -0.05) is 16.8 Å². The molecule has 1 heterocycles. The van der Waals surface area contributed by atoms with Crippen molar-refractivity contribution >= 4 is 23.2 Å². The van der Waals surface area contributed by atoms with E-state index in [1.807, 2.05) is 0 Å². The highest BCUT2D eigenvalue weighted by Crippen LogP contribution is 2.27. The van der Waals surface area contributed by atoms with Gasteiger partial charge in [0.25, 0.3) is 0 Å². The molecule has 21 heavy (non-hydrogen) atoms. The average Bonchev–Trinajstić information content (AvgIpc) is 2.86. The van der Waals surface area contributed by atoms with Gasteiger partial charge in [0.2, 0.25) is 5.91 Å². The van der Waals surface area contributed by atoms with Crippen LogP contribution in [0.3, 0.4) is 0 Å². The summed E-state index contributed by atoms with van der Waals surface area (Å²) in [5, 5.41) is 10.9. The number of hydrogen-bond acceptors (Lipinski definition) is 5. The molecule has 1 aromatic carbocycles. The zero-order valence-corrected chi connectivity index (χ0v) is 12.3. The maximum atomic E-state index is 11.9. The van der Waals surface area contributed by atoms with Crippen molar-refractivity contribution in [2.45, 2.75) is 13.0 Å². The van der Waals surface area contributed by atoms with Gasteiger partial charge in [-0.05, 0) is 24.7 Å². The Hall–Kier alpha value is -2.12. The standard InChI is InChI=1S/C13H16ClN5O2/c1-21-12-3-2-9(6-11(12)14)16-13(20)8-19-7-10(4-5-15)17-18-19/h2-3,6-7H,4-5,8,15H2,1H3,(H,16,20). The monoisotopic (exact) mass is 309 g/mol. The minimum Gasteiger partial charge on any atom is -0.495 e. The van der Waals surface area contributed by atoms with Gasteiger partial charge in [-0.3, -0.25) is 4.79 Å². The summed E-state index contributed by atoms with van der Waals surface area (Å²) in [5.74, 6) is 0.331. The van der Waals surface area contributed by atoms with Crippen molar-refractivity contribution in [1.29, 1.82) is 0 Å². The highest BCUT2D eigenvalue weighted by Gasteiger charge is 2.08. The highest BCUT2D eigenvalue weighted by atomic mass is 35.5. The van der Waals surface area contributed by atoms with E-state index in [9.17, 15) is 4.79 Å². The second-order valence-corrected chi connectivity index (χ2v) is 4.75. The molecule has 0 aliphatic heterocycles. The molecule has 8 heteroatoms. The zero-order valence-electron chi connectivity index (χ0n) is 11.5. The number of rotatable bonds is 6. The van der Waals surface area contributed by atoms with E-state index in [1.54, 1.807) is 24.4 Å². The Kier molecular flexibility index (Phi) is 5.13. The van der Waals surface area contributed by atoms with Crippen LogP contribution in [0.25, 0.3) is 0 Å². The molecular weight excluding hydrogens is 294 g/mol. The topological polar surface area (TPSA) is 95.1 Å². The fourth-order valence-corrected chi connectivity index (χ4v) is 2.03. The third-order valence-electron chi connectivity index (χ3n) is 2.73. The first-order chi connectivity index (χ1) is 10.1. The number of aromatic nitrogens is 3. The molecule has 0 saturated heterocycles. The molecule has 0 spiro atoms. The maximum Gasteiger partial charge on any atom is 0.246 e. The van der Waals surface area contributed by atoms with E-state index in [0.29, 0.717) is 29.4 Å². The molecule has 0 fully saturated rings. The van der Waals surface area contributed by atoms with Crippen LogP contribution >= 0.6 is 11.6 Å². The lowest BCUT2D eigenvalue weighted by atomic mass is 10.3. The summed E-state index contributed by atoms with van der Waals surface area (Å²) in [6, 6.07) is 5.02. The van der Waals surface area contributed by atoms with Crippen LogP contribution in [0.5, 0.6) is 5.75 Å². The van der Waals surface area contributed by atoms with E-state index in [0.717, 1.165) is 5.69 Å². The summed E-state index contributed by atoms with van der Waals surface area (Å²) in [5.41, 5.74) is 6.78. The van der Waals surface area contributed by atoms with Gasteiger partial charge in [0, 0.05) is 18.3 Å². The normalized spacial score (nSPS) is 10.4. The smallest absolute Gasteiger partial charge is 0.246 e. The van der Waals surface area contributed by atoms with Gasteiger partial charge in [-0.15, -0.1) is 5.10 Å². The third kappa shape index (κ3) is 4.17. The number of methoxy groups -OCH3 is 1. The van der Waals surface area contributed by atoms with Crippen molar-refractivity contribution in [3.8, 4) is 5.75 Å². The predicted molar refractivity (Wildman–Crippen MR) is 79.4 cm³/mol. The number of anilines is 1. The van der Waals surface area contributed by atoms with Crippen LogP contribution in [0.15, 0.2) is 24.4 Å². The Morgan fingerprint density at radius 2 is 2.33 bits per heavy atom. The van der Waals surface area contributed by atoms with Crippen LogP contribution in [0.4, 0.5) is 5.69 Å². The molecule has 0 radical (unpaired) electrons. The number of halogens is 1. The maximum absolute atomic E-state index is 11.9. The zero-order chi connectivity index (χ0) is 15.2. The SMILES string of the molecule is COc1ccc(NC(=O)Cn2cc(CCN)nn2)cc1Cl. The fraction of sp³-hybridized carbons (Fsp3) is 0.308. The number of amides is 1. The molecule has 2 rings (SSSR count). The number of nitrogens with zero attached hydrogens (tertiary/aromatic N) is 3. The largest absolute Gasteiger partial charge is 0.495 e. The summed E-state index contributed by atoms with van der Waals surface area (Å²) >= 11 is 6.00. The van der Waals surface area contributed by atoms with E-state index in [2.05, 4.69) is 15.6 Å². The van der Waals surface area contributed by atoms with Gasteiger partial charge in [-0.25, -0.2) is 4.68 Å². The predicted octanol–water partition coefficient (Wildman–Crippen LogP) is 1.08. The highest BCUT2D eigenvalue weighted by molar-refractivity contribution is 6.32. The van der Waals surface area contributed by atoms with Crippen LogP contribution in [-0.4, -0.2) is 34.6 Å². The minimum absolute atomic E-state index is 0.0707. The van der Waals surface area contributed by atoms with Crippen LogP contribution in [0.2, 0.25) is 5.02 Å². The molecule has 0 bridgehead atoms. The average molecular weight is 310 g/mol. The Labute approximate surface area is 127 Å². The molecule has 7 nitrogen and oxygen atoms in total. The van der Waals surface area contributed by atoms with Crippen LogP contribution in [-0.2, 0) is 17.8 Å². The number of carbonyl (C=O) groups excluding carboxylic acids is 1. The van der Waals surface area contributed by atoms with Crippen molar-refractivity contribution in [1.82, 2.24) is 15.0 Å². The molecule has 0 aliphatic rings. The first-order valence-electron chi connectivity index (χ1n) is 6.35. The lowest BCUT2D eigenvalue weighted by Gasteiger charge is -2.07. The number of carbonyl (C=O) groups is 1. The van der Waals surface area contributed by atoms with E-state index >= 15 is 0 Å². The second-order valence-electron chi connectivity index (χ2n) is 4.34. The summed E-state index contributed by atoms with van der Waals surface area (Å²) in [6.45, 7) is 0.566. The molecule has 0 atom stereocenters. The Morgan fingerprint density at radius 3 is 3.00 bits per heavy atom. The van der Waals surface area contributed by atoms with Crippen LogP contribution in [0, 0.1) is 0 Å². The van der Waals surface area contributed by atoms with Gasteiger partial charge in [0.05, 0.1) is 17.8 Å². The molecule has 1 aromatic heterocycles. The quantitative estimate of drug-likeness (QED) is 0.832. The first kappa shape index (κ1) is 15.3. The number of nitrogens with one attached hydrogen (secondary N) is 1. The molecule has 0 unspecified atom stereocenters. The summed E-state index contributed by atoms with van der Waals surface area (Å²) in [4.78, 5) is 11.9. The number of hydrogen-bond donors (Lipinski definition) is 2. The third-order valence-corrected chi connectivity index (χ3v) is 3.02. The van der Waals surface area contributed by atoms with E-state index in [1.165, 1.54) is 11.8 Å². The molecule has 0 aliphatic carbocycles. The van der Waals surface area contributed by atoms with Gasteiger partial charge in [0.15, 0.2) is 0 Å². The molecule has 112 valence electrons. The second kappa shape index (κ2) is 7.05. The van der Waals surface area contributed by atoms with Gasteiger partial charge < -0.3 is 15.8 Å². The van der Waals surface area contributed by atoms with Crippen LogP contribution < -0.4 is 15.8 Å². The Balaban J connectivity index is 1.96. The molecular formula is C13H16ClN5O2. The van der Waals surface area contributed by atoms with E-state index in [-0.39, 0.29) is 12.5 Å². The summed E-state index contributed by atoms with van der Waals surface area (Å²) in [6.07, 6.45) is 2.34. The van der Waals surface area contributed by atoms with Crippen molar-refractivity contribution in [2.24, 2.45) is 5.73 Å². The van der Waals surface area contributed by atoms with E-state index < -0.39 is 0 Å². The van der Waals surface area contributed by atoms with Crippen molar-refractivity contribution in [3.63, 3.8) is 0 Å². The lowest BCUT2D eigenvalue weighted by molar-refractivity contribution is -0.116. The number of benzene rings is 1. The Bertz CT molecular complexity index is 629. The van der Waals surface area contributed by atoms with Crippen molar-refractivity contribution < 1.29 is 9.53 Å². The van der Waals surface area contributed by atoms with E-state index in [4.69, 9.17) is 22.1 Å². The fourth-order valence-electron chi connectivity index (χ4n) is 1.77. The Morgan fingerprint density at radius 1 is 1.52 bits per heavy atom. The molecule has 1 amide bonds. The lowest BCUT2D eigenvalue weighted by Crippen LogP contribution is -2.19. The first-order valence-corrected chi connectivity index (χ1v) is 6.72. The van der Waals surface area contributed by atoms with Gasteiger partial charge in [0.1, 0.15) is 12.3 Å². The van der Waals surface area contributed by atoms with Crippen molar-refractivity contribution in [3.05, 3.63) is 35.1 Å². The number of ether oxygens (including phenoxy) is 1. The van der Waals surface area contributed by atoms with Gasteiger partial charge >= 0.3 is 0 Å². The van der Waals surface area contributed by atoms with Crippen molar-refractivity contribution in [2.75, 3.05) is 19.0 Å². The molecule has 0 saturated carbocycles. The van der Waals surface area contributed by atoms with Crippen LogP contribution in [0.1, 0.15) is 5.69 Å². The minimum atomic E-state index is -0.222.